The Labute approximate surface area is 222 Å². The highest BCUT2D eigenvalue weighted by atomic mass is 32.1. The van der Waals surface area contributed by atoms with Crippen molar-refractivity contribution in [2.75, 3.05) is 12.3 Å². The molecule has 0 aromatic heterocycles. The number of aliphatic carboxylic acids is 1. The Kier molecular flexibility index (Phi) is 14.1. The molecule has 1 aromatic rings. The lowest BCUT2D eigenvalue weighted by molar-refractivity contribution is -0.143. The second-order valence-electron chi connectivity index (χ2n) is 8.76. The number of carboxylic acids is 1. The Balaban J connectivity index is 2.95. The fourth-order valence-electron chi connectivity index (χ4n) is 3.39. The number of thiol groups is 1. The number of carbonyl (C=O) groups excluding carboxylic acids is 3. The van der Waals surface area contributed by atoms with E-state index in [0.717, 1.165) is 5.56 Å². The molecule has 37 heavy (non-hydrogen) atoms. The van der Waals surface area contributed by atoms with Gasteiger partial charge >= 0.3 is 5.97 Å². The van der Waals surface area contributed by atoms with E-state index in [2.05, 4.69) is 33.6 Å². The van der Waals surface area contributed by atoms with Crippen molar-refractivity contribution in [1.29, 1.82) is 0 Å². The first-order chi connectivity index (χ1) is 17.5. The van der Waals surface area contributed by atoms with E-state index in [1.165, 1.54) is 0 Å². The van der Waals surface area contributed by atoms with Crippen molar-refractivity contribution in [1.82, 2.24) is 16.0 Å². The van der Waals surface area contributed by atoms with E-state index in [1.54, 1.807) is 31.2 Å². The van der Waals surface area contributed by atoms with Crippen LogP contribution < -0.4 is 33.2 Å². The van der Waals surface area contributed by atoms with Gasteiger partial charge in [-0.1, -0.05) is 50.6 Å². The number of nitrogens with zero attached hydrogens (tertiary/aromatic N) is 1. The van der Waals surface area contributed by atoms with Crippen LogP contribution in [-0.2, 0) is 25.6 Å². The zero-order valence-corrected chi connectivity index (χ0v) is 22.1. The Hall–Kier alpha value is -3.32. The van der Waals surface area contributed by atoms with Gasteiger partial charge in [-0.05, 0) is 24.3 Å². The molecule has 0 heterocycles. The molecule has 1 rings (SSSR count). The normalized spacial score (nSPS) is 14.8. The molecule has 0 saturated heterocycles. The summed E-state index contributed by atoms with van der Waals surface area (Å²) in [4.78, 5) is 54.1. The van der Waals surface area contributed by atoms with Crippen LogP contribution in [0.4, 0.5) is 0 Å². The molecule has 5 atom stereocenters. The molecule has 0 bridgehead atoms. The summed E-state index contributed by atoms with van der Waals surface area (Å²) in [6.07, 6.45) is 1.43. The van der Waals surface area contributed by atoms with E-state index in [4.69, 9.17) is 17.2 Å². The molecule has 0 radical (unpaired) electrons. The van der Waals surface area contributed by atoms with Gasteiger partial charge in [0.1, 0.15) is 18.1 Å². The Morgan fingerprint density at radius 3 is 2.14 bits per heavy atom. The molecule has 0 saturated carbocycles. The minimum atomic E-state index is -1.17. The maximum atomic E-state index is 13.2. The van der Waals surface area contributed by atoms with Gasteiger partial charge in [0.2, 0.25) is 17.7 Å². The lowest BCUT2D eigenvalue weighted by Crippen LogP contribution is -2.58. The number of nitrogens with one attached hydrogen (secondary N) is 3. The summed E-state index contributed by atoms with van der Waals surface area (Å²) in [6.45, 7) is 3.83. The molecule has 0 aliphatic heterocycles. The molecule has 0 spiro atoms. The maximum absolute atomic E-state index is 13.2. The van der Waals surface area contributed by atoms with Crippen molar-refractivity contribution < 1.29 is 24.3 Å². The molecule has 0 aliphatic carbocycles. The molecule has 206 valence electrons. The van der Waals surface area contributed by atoms with Crippen molar-refractivity contribution in [3.63, 3.8) is 0 Å². The van der Waals surface area contributed by atoms with Crippen LogP contribution in [0, 0.1) is 5.92 Å². The Morgan fingerprint density at radius 2 is 1.59 bits per heavy atom. The van der Waals surface area contributed by atoms with Crippen LogP contribution in [0.1, 0.15) is 38.7 Å². The highest BCUT2D eigenvalue weighted by molar-refractivity contribution is 7.80. The van der Waals surface area contributed by atoms with Gasteiger partial charge in [-0.3, -0.25) is 19.4 Å². The van der Waals surface area contributed by atoms with E-state index < -0.39 is 47.9 Å². The van der Waals surface area contributed by atoms with E-state index in [9.17, 15) is 24.3 Å². The topological polar surface area (TPSA) is 215 Å². The number of aliphatic imine (C=N–C) groups is 1. The Bertz CT molecular complexity index is 927. The average Bonchev–Trinajstić information content (AvgIpc) is 2.87. The maximum Gasteiger partial charge on any atom is 0.326 e. The first-order valence-corrected chi connectivity index (χ1v) is 12.7. The summed E-state index contributed by atoms with van der Waals surface area (Å²) < 4.78 is 0. The molecule has 3 amide bonds. The number of amides is 3. The van der Waals surface area contributed by atoms with Gasteiger partial charge in [-0.2, -0.15) is 12.6 Å². The molecule has 13 heteroatoms. The largest absolute Gasteiger partial charge is 0.480 e. The first-order valence-electron chi connectivity index (χ1n) is 12.1. The summed E-state index contributed by atoms with van der Waals surface area (Å²) in [5.74, 6) is -3.49. The molecule has 0 aliphatic rings. The van der Waals surface area contributed by atoms with E-state index >= 15 is 0 Å². The van der Waals surface area contributed by atoms with Gasteiger partial charge in [0.15, 0.2) is 5.96 Å². The fourth-order valence-corrected chi connectivity index (χ4v) is 3.65. The number of rotatable bonds is 16. The third-order valence-corrected chi connectivity index (χ3v) is 6.18. The van der Waals surface area contributed by atoms with E-state index in [0.29, 0.717) is 19.4 Å². The minimum absolute atomic E-state index is 0.0563. The zero-order valence-electron chi connectivity index (χ0n) is 21.2. The number of benzene rings is 1. The Morgan fingerprint density at radius 1 is 1.00 bits per heavy atom. The summed E-state index contributed by atoms with van der Waals surface area (Å²) in [5.41, 5.74) is 17.3. The van der Waals surface area contributed by atoms with Gasteiger partial charge in [0.25, 0.3) is 0 Å². The van der Waals surface area contributed by atoms with Gasteiger partial charge in [-0.25, -0.2) is 4.79 Å². The number of hydrogen-bond donors (Lipinski definition) is 8. The van der Waals surface area contributed by atoms with Gasteiger partial charge in [0, 0.05) is 18.7 Å². The molecule has 10 N–H and O–H groups in total. The average molecular weight is 538 g/mol. The smallest absolute Gasteiger partial charge is 0.326 e. The van der Waals surface area contributed by atoms with Crippen molar-refractivity contribution in [2.45, 2.75) is 63.7 Å². The van der Waals surface area contributed by atoms with Crippen molar-refractivity contribution in [3.8, 4) is 0 Å². The van der Waals surface area contributed by atoms with Crippen LogP contribution in [0.25, 0.3) is 0 Å². The molecule has 5 unspecified atom stereocenters. The van der Waals surface area contributed by atoms with Crippen LogP contribution in [0.2, 0.25) is 0 Å². The predicted molar refractivity (Wildman–Crippen MR) is 145 cm³/mol. The van der Waals surface area contributed by atoms with Gasteiger partial charge in [-0.15, -0.1) is 0 Å². The highest BCUT2D eigenvalue weighted by Crippen LogP contribution is 2.09. The van der Waals surface area contributed by atoms with Gasteiger partial charge in [0.05, 0.1) is 6.04 Å². The lowest BCUT2D eigenvalue weighted by Gasteiger charge is -2.26. The van der Waals surface area contributed by atoms with Crippen LogP contribution in [0.3, 0.4) is 0 Å². The minimum Gasteiger partial charge on any atom is -0.480 e. The monoisotopic (exact) mass is 537 g/mol. The van der Waals surface area contributed by atoms with Gasteiger partial charge < -0.3 is 38.3 Å². The zero-order chi connectivity index (χ0) is 28.0. The lowest BCUT2D eigenvalue weighted by atomic mass is 9.99. The number of carboxylic acid groups (broad SMARTS) is 1. The number of guanidine groups is 1. The van der Waals surface area contributed by atoms with E-state index in [-0.39, 0.29) is 30.5 Å². The molecule has 0 fully saturated rings. The second-order valence-corrected chi connectivity index (χ2v) is 9.13. The summed E-state index contributed by atoms with van der Waals surface area (Å²) in [5, 5.41) is 17.2. The molecular formula is C24H39N7O5S. The third-order valence-electron chi connectivity index (χ3n) is 5.81. The van der Waals surface area contributed by atoms with Crippen molar-refractivity contribution >= 4 is 42.3 Å². The number of nitrogens with two attached hydrogens (primary N) is 3. The van der Waals surface area contributed by atoms with Crippen molar-refractivity contribution in [2.24, 2.45) is 28.1 Å². The van der Waals surface area contributed by atoms with Crippen LogP contribution >= 0.6 is 12.6 Å². The molecule has 12 nitrogen and oxygen atoms in total. The quantitative estimate of drug-likeness (QED) is 0.0572. The molecular weight excluding hydrogens is 498 g/mol. The van der Waals surface area contributed by atoms with Crippen LogP contribution in [-0.4, -0.2) is 71.2 Å². The second kappa shape index (κ2) is 16.4. The van der Waals surface area contributed by atoms with Crippen molar-refractivity contribution in [3.05, 3.63) is 35.9 Å². The third kappa shape index (κ3) is 11.5. The summed E-state index contributed by atoms with van der Waals surface area (Å²) in [6, 6.07) is 4.83. The first kappa shape index (κ1) is 31.7. The van der Waals surface area contributed by atoms with Crippen LogP contribution in [0.5, 0.6) is 0 Å². The summed E-state index contributed by atoms with van der Waals surface area (Å²) in [7, 11) is 0. The highest BCUT2D eigenvalue weighted by Gasteiger charge is 2.31. The fraction of sp³-hybridized carbons (Fsp3) is 0.542. The standard InChI is InChI=1S/C24H39N7O5S/c1-3-14(2)19(23(35)36)31-22(34)18(13-37)30-21(33)17(12-15-8-5-4-6-9-15)29-20(32)16(25)10-7-11-28-24(26)27/h4-6,8-9,14,16-19,37H,3,7,10-13,25H2,1-2H3,(H,29,32)(H,30,33)(H,31,34)(H,35,36)(H4,26,27,28). The van der Waals surface area contributed by atoms with E-state index in [1.807, 2.05) is 13.0 Å². The predicted octanol–water partition coefficient (Wildman–Crippen LogP) is -0.875. The number of hydrogen-bond acceptors (Lipinski definition) is 7. The SMILES string of the molecule is CCC(C)C(NC(=O)C(CS)NC(=O)C(Cc1ccccc1)NC(=O)C(N)CCCN=C(N)N)C(=O)O. The van der Waals surface area contributed by atoms with Crippen LogP contribution in [0.15, 0.2) is 35.3 Å². The number of carbonyl (C=O) groups is 4. The molecule has 1 aromatic carbocycles. The summed E-state index contributed by atoms with van der Waals surface area (Å²) >= 11 is 4.15.